The molecule has 0 saturated carbocycles. The van der Waals surface area contributed by atoms with Crippen LogP contribution in [0.5, 0.6) is 0 Å². The number of nitrogens with two attached hydrogens (primary N) is 1. The molecular weight excluding hydrogens is 198 g/mol. The molecule has 0 bridgehead atoms. The summed E-state index contributed by atoms with van der Waals surface area (Å²) in [4.78, 5) is 11.2. The van der Waals surface area contributed by atoms with Crippen LogP contribution in [0.2, 0.25) is 0 Å². The van der Waals surface area contributed by atoms with Gasteiger partial charge in [-0.2, -0.15) is 4.37 Å². The summed E-state index contributed by atoms with van der Waals surface area (Å²) in [5, 5.41) is 1.09. The first-order chi connectivity index (χ1) is 6.72. The number of rotatable bonds is 1. The van der Waals surface area contributed by atoms with E-state index in [-0.39, 0.29) is 5.91 Å². The Kier molecular flexibility index (Phi) is 2.18. The van der Waals surface area contributed by atoms with Gasteiger partial charge in [0.15, 0.2) is 0 Å². The predicted molar refractivity (Wildman–Crippen MR) is 56.0 cm³/mol. The van der Waals surface area contributed by atoms with E-state index in [0.717, 1.165) is 15.8 Å². The van der Waals surface area contributed by atoms with Crippen molar-refractivity contribution in [3.05, 3.63) is 29.5 Å². The molecule has 0 aliphatic carbocycles. The van der Waals surface area contributed by atoms with Crippen molar-refractivity contribution >= 4 is 27.5 Å². The van der Waals surface area contributed by atoms with Crippen molar-refractivity contribution in [3.63, 3.8) is 0 Å². The zero-order valence-electron chi connectivity index (χ0n) is 7.57. The molecule has 3 N–H and O–H groups in total. The highest BCUT2D eigenvalue weighted by molar-refractivity contribution is 7.13. The smallest absolute Gasteiger partial charge is 0.265 e. The van der Waals surface area contributed by atoms with E-state index in [1.54, 1.807) is 12.1 Å². The van der Waals surface area contributed by atoms with Gasteiger partial charge in [-0.15, -0.1) is 0 Å². The number of nitrogens with one attached hydrogen (secondary N) is 1. The van der Waals surface area contributed by atoms with Gasteiger partial charge in [0.2, 0.25) is 0 Å². The topological polar surface area (TPSA) is 68.0 Å². The second-order valence-corrected chi connectivity index (χ2v) is 3.76. The molecule has 14 heavy (non-hydrogen) atoms. The Morgan fingerprint density at radius 1 is 1.57 bits per heavy atom. The second-order valence-electron chi connectivity index (χ2n) is 2.95. The number of nitrogens with zero attached hydrogens (tertiary/aromatic N) is 1. The van der Waals surface area contributed by atoms with Crippen molar-refractivity contribution < 1.29 is 4.79 Å². The third kappa shape index (κ3) is 1.36. The predicted octanol–water partition coefficient (Wildman–Crippen LogP) is 1.21. The Morgan fingerprint density at radius 2 is 2.36 bits per heavy atom. The van der Waals surface area contributed by atoms with Gasteiger partial charge in [-0.3, -0.25) is 10.2 Å². The highest BCUT2D eigenvalue weighted by Gasteiger charge is 2.07. The van der Waals surface area contributed by atoms with E-state index >= 15 is 0 Å². The lowest BCUT2D eigenvalue weighted by Gasteiger charge is -1.98. The summed E-state index contributed by atoms with van der Waals surface area (Å²) in [5.41, 5.74) is 3.65. The molecule has 0 radical (unpaired) electrons. The molecule has 0 spiro atoms. The van der Waals surface area contributed by atoms with Gasteiger partial charge >= 0.3 is 0 Å². The van der Waals surface area contributed by atoms with Crippen LogP contribution in [0.4, 0.5) is 0 Å². The lowest BCUT2D eigenvalue weighted by molar-refractivity contribution is 0.0954. The zero-order chi connectivity index (χ0) is 10.1. The van der Waals surface area contributed by atoms with Gasteiger partial charge in [0.05, 0.1) is 10.4 Å². The fourth-order valence-corrected chi connectivity index (χ4v) is 2.12. The Bertz CT molecular complexity index is 492. The van der Waals surface area contributed by atoms with Crippen LogP contribution in [-0.2, 0) is 0 Å². The minimum absolute atomic E-state index is 0.280. The minimum Gasteiger partial charge on any atom is -0.290 e. The SMILES string of the molecule is Cc1nsc2cc(C(=O)NN)ccc12. The Hall–Kier alpha value is -1.46. The first-order valence-corrected chi connectivity index (χ1v) is 4.86. The molecular formula is C9H9N3OS. The average molecular weight is 207 g/mol. The van der Waals surface area contributed by atoms with Crippen LogP contribution in [0.25, 0.3) is 10.1 Å². The van der Waals surface area contributed by atoms with Crippen LogP contribution < -0.4 is 11.3 Å². The van der Waals surface area contributed by atoms with E-state index < -0.39 is 0 Å². The molecule has 0 saturated heterocycles. The van der Waals surface area contributed by atoms with Crippen LogP contribution in [0, 0.1) is 6.92 Å². The van der Waals surface area contributed by atoms with Gasteiger partial charge < -0.3 is 0 Å². The molecule has 1 amide bonds. The minimum atomic E-state index is -0.280. The van der Waals surface area contributed by atoms with Crippen molar-refractivity contribution in [2.75, 3.05) is 0 Å². The van der Waals surface area contributed by atoms with Gasteiger partial charge in [0.1, 0.15) is 0 Å². The van der Waals surface area contributed by atoms with Crippen molar-refractivity contribution in [2.24, 2.45) is 5.84 Å². The number of carbonyl (C=O) groups is 1. The Labute approximate surface area is 84.9 Å². The van der Waals surface area contributed by atoms with Gasteiger partial charge in [-0.25, -0.2) is 5.84 Å². The van der Waals surface area contributed by atoms with Gasteiger partial charge in [0, 0.05) is 10.9 Å². The van der Waals surface area contributed by atoms with Crippen LogP contribution in [0.3, 0.4) is 0 Å². The average Bonchev–Trinajstić information content (AvgIpc) is 2.59. The molecule has 0 aliphatic rings. The summed E-state index contributed by atoms with van der Waals surface area (Å²) in [6.45, 7) is 1.95. The number of benzene rings is 1. The molecule has 0 unspecified atom stereocenters. The van der Waals surface area contributed by atoms with Crippen LogP contribution in [0.1, 0.15) is 16.1 Å². The molecule has 4 nitrogen and oxygen atoms in total. The van der Waals surface area contributed by atoms with Crippen molar-refractivity contribution in [1.29, 1.82) is 0 Å². The third-order valence-electron chi connectivity index (χ3n) is 2.05. The summed E-state index contributed by atoms with van der Waals surface area (Å²) in [7, 11) is 0. The summed E-state index contributed by atoms with van der Waals surface area (Å²) in [5.74, 6) is 4.76. The van der Waals surface area contributed by atoms with Crippen molar-refractivity contribution in [2.45, 2.75) is 6.92 Å². The van der Waals surface area contributed by atoms with Crippen molar-refractivity contribution in [1.82, 2.24) is 9.80 Å². The zero-order valence-corrected chi connectivity index (χ0v) is 8.39. The number of aromatic nitrogens is 1. The fraction of sp³-hybridized carbons (Fsp3) is 0.111. The molecule has 0 aliphatic heterocycles. The van der Waals surface area contributed by atoms with Crippen molar-refractivity contribution in [3.8, 4) is 0 Å². The van der Waals surface area contributed by atoms with E-state index in [4.69, 9.17) is 5.84 Å². The molecule has 0 atom stereocenters. The van der Waals surface area contributed by atoms with E-state index in [9.17, 15) is 4.79 Å². The van der Waals surface area contributed by atoms with E-state index in [0.29, 0.717) is 5.56 Å². The Balaban J connectivity index is 2.57. The molecule has 0 fully saturated rings. The summed E-state index contributed by atoms with van der Waals surface area (Å²) in [6, 6.07) is 5.42. The molecule has 2 rings (SSSR count). The summed E-state index contributed by atoms with van der Waals surface area (Å²) in [6.07, 6.45) is 0. The first kappa shape index (κ1) is 9.11. The molecule has 5 heteroatoms. The standard InChI is InChI=1S/C9H9N3OS/c1-5-7-3-2-6(9(13)11-10)4-8(7)14-12-5/h2-4H,10H2,1H3,(H,11,13). The van der Waals surface area contributed by atoms with Gasteiger partial charge in [-0.1, -0.05) is 6.07 Å². The number of amides is 1. The Morgan fingerprint density at radius 3 is 3.07 bits per heavy atom. The fourth-order valence-electron chi connectivity index (χ4n) is 1.29. The van der Waals surface area contributed by atoms with Crippen LogP contribution in [-0.4, -0.2) is 10.3 Å². The third-order valence-corrected chi connectivity index (χ3v) is 2.95. The van der Waals surface area contributed by atoms with Gasteiger partial charge in [0.25, 0.3) is 5.91 Å². The highest BCUT2D eigenvalue weighted by atomic mass is 32.1. The van der Waals surface area contributed by atoms with E-state index in [1.165, 1.54) is 11.5 Å². The number of nitrogen functional groups attached to an aromatic ring is 1. The summed E-state index contributed by atoms with van der Waals surface area (Å²) >= 11 is 1.39. The number of fused-ring (bicyclic) bond motifs is 1. The number of hydrogen-bond donors (Lipinski definition) is 2. The maximum Gasteiger partial charge on any atom is 0.265 e. The summed E-state index contributed by atoms with van der Waals surface area (Å²) < 4.78 is 5.20. The number of hydrogen-bond acceptors (Lipinski definition) is 4. The van der Waals surface area contributed by atoms with E-state index in [1.807, 2.05) is 13.0 Å². The second kappa shape index (κ2) is 3.36. The molecule has 1 aromatic carbocycles. The van der Waals surface area contributed by atoms with Crippen LogP contribution >= 0.6 is 11.5 Å². The molecule has 72 valence electrons. The number of aryl methyl sites for hydroxylation is 1. The maximum absolute atomic E-state index is 11.2. The molecule has 2 aromatic rings. The van der Waals surface area contributed by atoms with Gasteiger partial charge in [-0.05, 0) is 30.6 Å². The largest absolute Gasteiger partial charge is 0.290 e. The lowest BCUT2D eigenvalue weighted by atomic mass is 10.1. The normalized spacial score (nSPS) is 10.4. The quantitative estimate of drug-likeness (QED) is 0.419. The first-order valence-electron chi connectivity index (χ1n) is 4.09. The lowest BCUT2D eigenvalue weighted by Crippen LogP contribution is -2.29. The highest BCUT2D eigenvalue weighted by Crippen LogP contribution is 2.23. The number of carbonyl (C=O) groups excluding carboxylic acids is 1. The monoisotopic (exact) mass is 207 g/mol. The maximum atomic E-state index is 11.2. The van der Waals surface area contributed by atoms with Crippen LogP contribution in [0.15, 0.2) is 18.2 Å². The molecule has 1 heterocycles. The molecule has 1 aromatic heterocycles. The number of hydrazine groups is 1. The van der Waals surface area contributed by atoms with E-state index in [2.05, 4.69) is 9.80 Å².